The predicted octanol–water partition coefficient (Wildman–Crippen LogP) is 3.06. The Labute approximate surface area is 176 Å². The zero-order chi connectivity index (χ0) is 21.1. The maximum Gasteiger partial charge on any atom is 0.258 e. The number of aromatic nitrogens is 2. The number of nitrogens with one attached hydrogen (secondary N) is 1. The van der Waals surface area contributed by atoms with Crippen molar-refractivity contribution in [3.05, 3.63) is 93.2 Å². The molecule has 0 saturated heterocycles. The molecule has 0 unspecified atom stereocenters. The smallest absolute Gasteiger partial charge is 0.258 e. The Morgan fingerprint density at radius 3 is 2.57 bits per heavy atom. The van der Waals surface area contributed by atoms with E-state index in [1.165, 1.54) is 16.5 Å². The Morgan fingerprint density at radius 2 is 1.83 bits per heavy atom. The summed E-state index contributed by atoms with van der Waals surface area (Å²) in [5, 5.41) is 2.88. The van der Waals surface area contributed by atoms with E-state index < -0.39 is 0 Å². The molecule has 1 aliphatic rings. The zero-order valence-electron chi connectivity index (χ0n) is 17.4. The first-order valence-corrected chi connectivity index (χ1v) is 10.2. The molecule has 1 aromatic heterocycles. The van der Waals surface area contributed by atoms with Crippen molar-refractivity contribution in [3.63, 3.8) is 0 Å². The van der Waals surface area contributed by atoms with Crippen LogP contribution in [0.4, 0.5) is 5.69 Å². The van der Waals surface area contributed by atoms with Gasteiger partial charge in [-0.25, -0.2) is 4.98 Å². The predicted molar refractivity (Wildman–Crippen MR) is 117 cm³/mol. The van der Waals surface area contributed by atoms with Crippen molar-refractivity contribution in [2.75, 3.05) is 11.9 Å². The van der Waals surface area contributed by atoms with E-state index in [9.17, 15) is 9.59 Å². The van der Waals surface area contributed by atoms with Crippen LogP contribution in [0.3, 0.4) is 0 Å². The molecule has 6 nitrogen and oxygen atoms in total. The number of rotatable bonds is 5. The van der Waals surface area contributed by atoms with Gasteiger partial charge in [0.2, 0.25) is 5.91 Å². The fraction of sp³-hybridized carbons (Fsp3) is 0.292. The minimum atomic E-state index is -0.235. The first kappa shape index (κ1) is 20.0. The number of carbonyl (C=O) groups is 1. The van der Waals surface area contributed by atoms with Crippen molar-refractivity contribution < 1.29 is 4.79 Å². The number of hydrogen-bond donors (Lipinski definition) is 1. The Morgan fingerprint density at radius 1 is 1.10 bits per heavy atom. The van der Waals surface area contributed by atoms with Crippen LogP contribution in [0.25, 0.3) is 0 Å². The fourth-order valence-corrected chi connectivity index (χ4v) is 4.00. The summed E-state index contributed by atoms with van der Waals surface area (Å²) in [6.07, 6.45) is 2.24. The fourth-order valence-electron chi connectivity index (χ4n) is 4.00. The van der Waals surface area contributed by atoms with Crippen molar-refractivity contribution in [1.82, 2.24) is 14.5 Å². The molecular weight excluding hydrogens is 376 g/mol. The highest BCUT2D eigenvalue weighted by molar-refractivity contribution is 5.90. The van der Waals surface area contributed by atoms with E-state index in [2.05, 4.69) is 33.4 Å². The van der Waals surface area contributed by atoms with Crippen LogP contribution in [0.1, 0.15) is 27.9 Å². The van der Waals surface area contributed by atoms with E-state index in [0.29, 0.717) is 12.1 Å². The number of carbonyl (C=O) groups excluding carboxylic acids is 1. The third-order valence-corrected chi connectivity index (χ3v) is 5.34. The maximum absolute atomic E-state index is 13.0. The first-order chi connectivity index (χ1) is 14.5. The lowest BCUT2D eigenvalue weighted by Crippen LogP contribution is -2.38. The monoisotopic (exact) mass is 402 g/mol. The molecule has 2 aromatic carbocycles. The van der Waals surface area contributed by atoms with Gasteiger partial charge in [-0.2, -0.15) is 0 Å². The molecule has 0 atom stereocenters. The lowest BCUT2D eigenvalue weighted by Gasteiger charge is -2.28. The van der Waals surface area contributed by atoms with Crippen LogP contribution in [0.15, 0.2) is 59.7 Å². The summed E-state index contributed by atoms with van der Waals surface area (Å²) in [4.78, 5) is 32.3. The summed E-state index contributed by atoms with van der Waals surface area (Å²) in [6, 6.07) is 16.1. The van der Waals surface area contributed by atoms with Gasteiger partial charge in [0.05, 0.1) is 17.6 Å². The maximum atomic E-state index is 13.0. The van der Waals surface area contributed by atoms with Gasteiger partial charge in [-0.05, 0) is 42.7 Å². The molecule has 6 heteroatoms. The molecule has 2 heterocycles. The molecule has 0 radical (unpaired) electrons. The number of aryl methyl sites for hydroxylation is 2. The number of anilines is 1. The Hall–Kier alpha value is -3.25. The second-order valence-corrected chi connectivity index (χ2v) is 7.97. The Balaban J connectivity index is 1.47. The van der Waals surface area contributed by atoms with Gasteiger partial charge >= 0.3 is 0 Å². The number of benzene rings is 2. The number of fused-ring (bicyclic) bond motifs is 1. The minimum absolute atomic E-state index is 0.0508. The highest BCUT2D eigenvalue weighted by atomic mass is 16.2. The summed E-state index contributed by atoms with van der Waals surface area (Å²) < 4.78 is 1.41. The molecule has 4 rings (SSSR count). The lowest BCUT2D eigenvalue weighted by molar-refractivity contribution is -0.116. The third-order valence-electron chi connectivity index (χ3n) is 5.34. The largest absolute Gasteiger partial charge is 0.325 e. The first-order valence-electron chi connectivity index (χ1n) is 10.2. The van der Waals surface area contributed by atoms with Crippen molar-refractivity contribution >= 4 is 11.6 Å². The van der Waals surface area contributed by atoms with Gasteiger partial charge in [0.1, 0.15) is 6.54 Å². The minimum Gasteiger partial charge on any atom is -0.325 e. The van der Waals surface area contributed by atoms with Gasteiger partial charge in [-0.3, -0.25) is 19.1 Å². The molecule has 1 aliphatic heterocycles. The Bertz CT molecular complexity index is 1100. The van der Waals surface area contributed by atoms with Crippen LogP contribution in [0.5, 0.6) is 0 Å². The van der Waals surface area contributed by atoms with Crippen LogP contribution in [0.2, 0.25) is 0 Å². The average Bonchev–Trinajstić information content (AvgIpc) is 2.70. The summed E-state index contributed by atoms with van der Waals surface area (Å²) >= 11 is 0. The molecule has 0 saturated carbocycles. The number of amides is 1. The molecule has 0 aliphatic carbocycles. The zero-order valence-corrected chi connectivity index (χ0v) is 17.4. The van der Waals surface area contributed by atoms with Gasteiger partial charge in [0.15, 0.2) is 0 Å². The van der Waals surface area contributed by atoms with Gasteiger partial charge < -0.3 is 5.32 Å². The van der Waals surface area contributed by atoms with Crippen molar-refractivity contribution in [1.29, 1.82) is 0 Å². The quantitative estimate of drug-likeness (QED) is 0.712. The molecule has 154 valence electrons. The van der Waals surface area contributed by atoms with Crippen LogP contribution < -0.4 is 10.9 Å². The Kier molecular flexibility index (Phi) is 5.77. The lowest BCUT2D eigenvalue weighted by atomic mass is 10.1. The van der Waals surface area contributed by atoms with E-state index in [1.807, 2.05) is 44.2 Å². The molecule has 0 bridgehead atoms. The van der Waals surface area contributed by atoms with Crippen molar-refractivity contribution in [2.24, 2.45) is 0 Å². The van der Waals surface area contributed by atoms with Gasteiger partial charge in [0, 0.05) is 31.7 Å². The topological polar surface area (TPSA) is 67.2 Å². The molecule has 0 fully saturated rings. The van der Waals surface area contributed by atoms with Crippen LogP contribution in [-0.2, 0) is 30.8 Å². The highest BCUT2D eigenvalue weighted by Crippen LogP contribution is 2.17. The SMILES string of the molecule is Cc1cc(C)cc(NC(=O)Cn2cnc3c(c2=O)CN(Cc2ccccc2)CC3)c1. The van der Waals surface area contributed by atoms with E-state index in [4.69, 9.17) is 0 Å². The van der Waals surface area contributed by atoms with Crippen LogP contribution >= 0.6 is 0 Å². The third kappa shape index (κ3) is 4.66. The molecule has 1 N–H and O–H groups in total. The highest BCUT2D eigenvalue weighted by Gasteiger charge is 2.22. The standard InChI is InChI=1S/C24H26N4O2/c1-17-10-18(2)12-20(11-17)26-23(29)15-28-16-25-22-8-9-27(14-21(22)24(28)30)13-19-6-4-3-5-7-19/h3-7,10-12,16H,8-9,13-15H2,1-2H3,(H,26,29). The summed E-state index contributed by atoms with van der Waals surface area (Å²) in [7, 11) is 0. The number of hydrogen-bond acceptors (Lipinski definition) is 4. The second kappa shape index (κ2) is 8.63. The number of nitrogens with zero attached hydrogens (tertiary/aromatic N) is 3. The average molecular weight is 402 g/mol. The van der Waals surface area contributed by atoms with Crippen LogP contribution in [-0.4, -0.2) is 26.9 Å². The summed E-state index contributed by atoms with van der Waals surface area (Å²) in [5.41, 5.74) is 5.53. The van der Waals surface area contributed by atoms with Gasteiger partial charge in [0.25, 0.3) is 5.56 Å². The van der Waals surface area contributed by atoms with Gasteiger partial charge in [-0.15, -0.1) is 0 Å². The van der Waals surface area contributed by atoms with E-state index >= 15 is 0 Å². The summed E-state index contributed by atoms with van der Waals surface area (Å²) in [5.74, 6) is -0.235. The van der Waals surface area contributed by atoms with Gasteiger partial charge in [-0.1, -0.05) is 36.4 Å². The van der Waals surface area contributed by atoms with Crippen LogP contribution in [0, 0.1) is 13.8 Å². The van der Waals surface area contributed by atoms with E-state index in [-0.39, 0.29) is 18.0 Å². The molecule has 1 amide bonds. The van der Waals surface area contributed by atoms with E-state index in [1.54, 1.807) is 0 Å². The normalized spacial score (nSPS) is 13.7. The van der Waals surface area contributed by atoms with Crippen molar-refractivity contribution in [2.45, 2.75) is 39.9 Å². The molecule has 30 heavy (non-hydrogen) atoms. The van der Waals surface area contributed by atoms with Crippen molar-refractivity contribution in [3.8, 4) is 0 Å². The molecular formula is C24H26N4O2. The molecule has 3 aromatic rings. The van der Waals surface area contributed by atoms with E-state index in [0.717, 1.165) is 42.0 Å². The second-order valence-electron chi connectivity index (χ2n) is 7.97. The summed E-state index contributed by atoms with van der Waals surface area (Å²) in [6.45, 7) is 6.14. The molecule has 0 spiro atoms.